The summed E-state index contributed by atoms with van der Waals surface area (Å²) in [6.07, 6.45) is -3.31. The van der Waals surface area contributed by atoms with E-state index in [2.05, 4.69) is 19.7 Å². The molecule has 3 heterocycles. The van der Waals surface area contributed by atoms with Crippen LogP contribution in [-0.2, 0) is 14.8 Å². The Morgan fingerprint density at radius 2 is 1.89 bits per heavy atom. The Hall–Kier alpha value is -3.24. The van der Waals surface area contributed by atoms with Gasteiger partial charge in [0.1, 0.15) is 11.8 Å². The zero-order valence-electron chi connectivity index (χ0n) is 18.3. The van der Waals surface area contributed by atoms with E-state index < -0.39 is 34.1 Å². The lowest BCUT2D eigenvalue weighted by atomic mass is 10.2. The highest BCUT2D eigenvalue weighted by atomic mass is 32.2. The number of carboxylic acids is 1. The number of aromatic nitrogens is 3. The van der Waals surface area contributed by atoms with Crippen LogP contribution in [0.4, 0.5) is 24.3 Å². The molecule has 1 N–H and O–H groups in total. The van der Waals surface area contributed by atoms with Crippen LogP contribution in [0.15, 0.2) is 35.4 Å². The summed E-state index contributed by atoms with van der Waals surface area (Å²) in [5.41, 5.74) is 0.437. The Labute approximate surface area is 201 Å². The molecular formula is C19H19F3N6O5S2. The van der Waals surface area contributed by atoms with Gasteiger partial charge in [-0.1, -0.05) is 11.3 Å². The van der Waals surface area contributed by atoms with E-state index in [1.165, 1.54) is 11.3 Å². The van der Waals surface area contributed by atoms with Crippen LogP contribution in [-0.4, -0.2) is 84.9 Å². The second-order valence-corrected chi connectivity index (χ2v) is 10.6. The minimum Gasteiger partial charge on any atom is -0.480 e. The molecule has 0 radical (unpaired) electrons. The normalized spacial score (nSPS) is 17.5. The van der Waals surface area contributed by atoms with Gasteiger partial charge in [0.25, 0.3) is 0 Å². The Morgan fingerprint density at radius 1 is 1.20 bits per heavy atom. The quantitative estimate of drug-likeness (QED) is 0.503. The molecule has 35 heavy (non-hydrogen) atoms. The van der Waals surface area contributed by atoms with Crippen molar-refractivity contribution in [2.24, 2.45) is 0 Å². The molecule has 11 nitrogen and oxygen atoms in total. The number of rotatable bonds is 6. The molecule has 2 aromatic heterocycles. The Bertz CT molecular complexity index is 1350. The topological polar surface area (TPSA) is 129 Å². The molecule has 1 atom stereocenters. The van der Waals surface area contributed by atoms with Crippen molar-refractivity contribution in [3.63, 3.8) is 0 Å². The maximum Gasteiger partial charge on any atom is 0.573 e. The summed E-state index contributed by atoms with van der Waals surface area (Å²) in [5, 5.41) is 10.2. The van der Waals surface area contributed by atoms with Gasteiger partial charge in [0.15, 0.2) is 10.8 Å². The molecule has 0 spiro atoms. The van der Waals surface area contributed by atoms with Gasteiger partial charge >= 0.3 is 12.3 Å². The number of ether oxygens (including phenoxy) is 1. The molecule has 0 bridgehead atoms. The van der Waals surface area contributed by atoms with Gasteiger partial charge in [-0.3, -0.25) is 4.79 Å². The lowest BCUT2D eigenvalue weighted by Gasteiger charge is -2.38. The second kappa shape index (κ2) is 9.09. The van der Waals surface area contributed by atoms with Crippen molar-refractivity contribution in [1.29, 1.82) is 0 Å². The third-order valence-corrected chi connectivity index (χ3v) is 8.04. The molecule has 3 aromatic rings. The Morgan fingerprint density at radius 3 is 2.49 bits per heavy atom. The summed E-state index contributed by atoms with van der Waals surface area (Å²) in [6, 6.07) is 2.15. The summed E-state index contributed by atoms with van der Waals surface area (Å²) >= 11 is 1.25. The van der Waals surface area contributed by atoms with Crippen molar-refractivity contribution in [1.82, 2.24) is 19.3 Å². The van der Waals surface area contributed by atoms with Gasteiger partial charge in [-0.05, 0) is 24.3 Å². The van der Waals surface area contributed by atoms with Crippen molar-refractivity contribution in [2.75, 3.05) is 43.5 Å². The number of alkyl halides is 3. The van der Waals surface area contributed by atoms with Crippen LogP contribution in [0.3, 0.4) is 0 Å². The molecule has 0 saturated carbocycles. The van der Waals surface area contributed by atoms with E-state index in [0.717, 1.165) is 28.6 Å². The van der Waals surface area contributed by atoms with Crippen LogP contribution in [0.1, 0.15) is 0 Å². The predicted molar refractivity (Wildman–Crippen MR) is 120 cm³/mol. The number of anilines is 2. The zero-order chi connectivity index (χ0) is 25.5. The van der Waals surface area contributed by atoms with Gasteiger partial charge in [-0.25, -0.2) is 13.4 Å². The third-order valence-electron chi connectivity index (χ3n) is 5.08. The fourth-order valence-electron chi connectivity index (χ4n) is 3.44. The maximum atomic E-state index is 13.1. The molecule has 0 amide bonds. The molecule has 1 saturated heterocycles. The van der Waals surface area contributed by atoms with E-state index in [0.29, 0.717) is 21.4 Å². The number of benzene rings is 1. The second-order valence-electron chi connectivity index (χ2n) is 7.68. The van der Waals surface area contributed by atoms with Gasteiger partial charge in [-0.2, -0.15) is 14.3 Å². The highest BCUT2D eigenvalue weighted by molar-refractivity contribution is 7.89. The largest absolute Gasteiger partial charge is 0.573 e. The van der Waals surface area contributed by atoms with Crippen LogP contribution < -0.4 is 14.5 Å². The number of sulfonamides is 1. The molecular weight excluding hydrogens is 513 g/mol. The highest BCUT2D eigenvalue weighted by Crippen LogP contribution is 2.32. The minimum absolute atomic E-state index is 0.145. The summed E-state index contributed by atoms with van der Waals surface area (Å²) < 4.78 is 68.6. The van der Waals surface area contributed by atoms with Crippen molar-refractivity contribution in [3.05, 3.63) is 30.5 Å². The lowest BCUT2D eigenvalue weighted by Crippen LogP contribution is -2.58. The van der Waals surface area contributed by atoms with Gasteiger partial charge in [-0.15, -0.1) is 13.2 Å². The van der Waals surface area contributed by atoms with Crippen molar-refractivity contribution < 1.29 is 36.2 Å². The SMILES string of the molecule is CN(C)c1ncc2sc(N3CCN(S(=O)(=O)c4ccc(OC(F)(F)F)cc4)[C@@H](C(=O)O)C3)nc2n1. The van der Waals surface area contributed by atoms with Crippen LogP contribution in [0.25, 0.3) is 10.3 Å². The van der Waals surface area contributed by atoms with E-state index in [4.69, 9.17) is 0 Å². The number of carboxylic acid groups (broad SMARTS) is 1. The molecule has 188 valence electrons. The van der Waals surface area contributed by atoms with Gasteiger partial charge < -0.3 is 19.6 Å². The first-order valence-electron chi connectivity index (χ1n) is 10.0. The van der Waals surface area contributed by atoms with Crippen molar-refractivity contribution in [2.45, 2.75) is 17.3 Å². The van der Waals surface area contributed by atoms with E-state index in [1.807, 2.05) is 0 Å². The van der Waals surface area contributed by atoms with Crippen LogP contribution in [0, 0.1) is 0 Å². The summed E-state index contributed by atoms with van der Waals surface area (Å²) in [4.78, 5) is 28.1. The number of hydrogen-bond donors (Lipinski definition) is 1. The van der Waals surface area contributed by atoms with E-state index in [-0.39, 0.29) is 24.5 Å². The smallest absolute Gasteiger partial charge is 0.480 e. The first-order chi connectivity index (χ1) is 16.3. The number of thiazole rings is 1. The van der Waals surface area contributed by atoms with E-state index >= 15 is 0 Å². The van der Waals surface area contributed by atoms with Gasteiger partial charge in [0.05, 0.1) is 15.8 Å². The molecule has 1 fully saturated rings. The average molecular weight is 533 g/mol. The number of hydrogen-bond acceptors (Lipinski definition) is 10. The number of nitrogens with zero attached hydrogens (tertiary/aromatic N) is 6. The van der Waals surface area contributed by atoms with Crippen LogP contribution in [0.2, 0.25) is 0 Å². The van der Waals surface area contributed by atoms with E-state index in [1.54, 1.807) is 30.1 Å². The van der Waals surface area contributed by atoms with Gasteiger partial charge in [0, 0.05) is 33.7 Å². The number of aliphatic carboxylic acids is 1. The third kappa shape index (κ3) is 5.23. The standard InChI is InChI=1S/C19H19F3N6O5S2/c1-26(2)17-23-9-14-15(24-17)25-18(34-14)27-7-8-28(13(10-27)16(29)30)35(31,32)12-5-3-11(4-6-12)33-19(20,21)22/h3-6,9,13H,7-8,10H2,1-2H3,(H,29,30)/t13-/m1/s1. The number of fused-ring (bicyclic) bond motifs is 1. The first kappa shape index (κ1) is 24.9. The average Bonchev–Trinajstić information content (AvgIpc) is 3.21. The molecule has 0 aliphatic carbocycles. The summed E-state index contributed by atoms with van der Waals surface area (Å²) in [7, 11) is -0.757. The van der Waals surface area contributed by atoms with Crippen LogP contribution >= 0.6 is 11.3 Å². The summed E-state index contributed by atoms with van der Waals surface area (Å²) in [5.74, 6) is -1.50. The first-order valence-corrected chi connectivity index (χ1v) is 12.3. The Balaban J connectivity index is 1.56. The minimum atomic E-state index is -4.93. The highest BCUT2D eigenvalue weighted by Gasteiger charge is 2.41. The molecule has 16 heteroatoms. The molecule has 1 aromatic carbocycles. The number of piperazine rings is 1. The van der Waals surface area contributed by atoms with Crippen molar-refractivity contribution >= 4 is 48.8 Å². The van der Waals surface area contributed by atoms with Crippen LogP contribution in [0.5, 0.6) is 5.75 Å². The van der Waals surface area contributed by atoms with E-state index in [9.17, 15) is 31.5 Å². The van der Waals surface area contributed by atoms with Gasteiger partial charge in [0.2, 0.25) is 16.0 Å². The molecule has 0 unspecified atom stereocenters. The van der Waals surface area contributed by atoms with Crippen molar-refractivity contribution in [3.8, 4) is 5.75 Å². The Kier molecular flexibility index (Phi) is 6.46. The number of carbonyl (C=O) groups is 1. The molecule has 4 rings (SSSR count). The molecule has 1 aliphatic rings. The predicted octanol–water partition coefficient (Wildman–Crippen LogP) is 2.02. The monoisotopic (exact) mass is 532 g/mol. The zero-order valence-corrected chi connectivity index (χ0v) is 19.9. The lowest BCUT2D eigenvalue weighted by molar-refractivity contribution is -0.274. The fraction of sp³-hybridized carbons (Fsp3) is 0.368. The fourth-order valence-corrected chi connectivity index (χ4v) is 5.92. The summed E-state index contributed by atoms with van der Waals surface area (Å²) in [6.45, 7) is -0.214. The maximum absolute atomic E-state index is 13.1. The molecule has 1 aliphatic heterocycles. The number of halogens is 3.